The molecule has 2 unspecified atom stereocenters. The third-order valence-corrected chi connectivity index (χ3v) is 5.38. The minimum absolute atomic E-state index is 0. The van der Waals surface area contributed by atoms with E-state index in [1.54, 1.807) is 0 Å². The van der Waals surface area contributed by atoms with Crippen molar-refractivity contribution in [3.63, 3.8) is 0 Å². The molecule has 1 aliphatic heterocycles. The van der Waals surface area contributed by atoms with Gasteiger partial charge < -0.3 is 38.6 Å². The topological polar surface area (TPSA) is 141 Å². The predicted molar refractivity (Wildman–Crippen MR) is 147 cm³/mol. The summed E-state index contributed by atoms with van der Waals surface area (Å²) in [6.45, 7) is 4.40. The van der Waals surface area contributed by atoms with Crippen molar-refractivity contribution in [3.8, 4) is 0 Å². The van der Waals surface area contributed by atoms with E-state index in [9.17, 15) is 9.59 Å². The molecule has 38 heavy (non-hydrogen) atoms. The number of nitrogens with one attached hydrogen (secondary N) is 2. The zero-order valence-electron chi connectivity index (χ0n) is 22.6. The van der Waals surface area contributed by atoms with E-state index in [4.69, 9.17) is 31.2 Å². The number of carboxylic acid groups (broad SMARTS) is 2. The van der Waals surface area contributed by atoms with Gasteiger partial charge in [0.05, 0.1) is 12.2 Å². The Morgan fingerprint density at radius 3 is 1.37 bits per heavy atom. The van der Waals surface area contributed by atoms with Crippen LogP contribution in [0.25, 0.3) is 11.5 Å². The van der Waals surface area contributed by atoms with Gasteiger partial charge in [0.15, 0.2) is 6.29 Å². The zero-order valence-corrected chi connectivity index (χ0v) is 24.9. The summed E-state index contributed by atoms with van der Waals surface area (Å²) in [5.74, 6) is -1.13. The molecule has 1 fully saturated rings. The maximum Gasteiger partial charge on any atom is 0.303 e. The van der Waals surface area contributed by atoms with Crippen LogP contribution in [-0.4, -0.2) is 53.7 Å². The third kappa shape index (κ3) is 17.4. The van der Waals surface area contributed by atoms with Gasteiger partial charge in [-0.05, 0) is 36.8 Å². The number of ether oxygens (including phenoxy) is 2. The summed E-state index contributed by atoms with van der Waals surface area (Å²) in [5.41, 5.74) is 16.8. The van der Waals surface area contributed by atoms with Crippen LogP contribution < -0.4 is 0 Å². The van der Waals surface area contributed by atoms with Crippen molar-refractivity contribution in [2.75, 3.05) is 13.1 Å². The Bertz CT molecular complexity index is 787. The molecule has 4 N–H and O–H groups in total. The zero-order chi connectivity index (χ0) is 26.8. The molecule has 9 heteroatoms. The van der Waals surface area contributed by atoms with Crippen LogP contribution in [0.3, 0.4) is 0 Å². The molecule has 0 amide bonds. The second kappa shape index (κ2) is 22.9. The van der Waals surface area contributed by atoms with Crippen molar-refractivity contribution in [2.45, 2.75) is 70.9 Å². The van der Waals surface area contributed by atoms with E-state index in [1.807, 2.05) is 74.5 Å². The van der Waals surface area contributed by atoms with Gasteiger partial charge >= 0.3 is 11.9 Å². The van der Waals surface area contributed by atoms with Crippen LogP contribution in [0.1, 0.15) is 50.7 Å². The number of hydrogen-bond donors (Lipinski definition) is 2. The number of hydrogen-bond acceptors (Lipinski definition) is 4. The van der Waals surface area contributed by atoms with Gasteiger partial charge in [-0.2, -0.15) is 0 Å². The van der Waals surface area contributed by atoms with Crippen LogP contribution in [0.15, 0.2) is 60.7 Å². The molecule has 2 aromatic carbocycles. The maximum atomic E-state index is 10.2. The largest absolute Gasteiger partial charge is 0.675 e. The van der Waals surface area contributed by atoms with E-state index in [2.05, 4.69) is 0 Å². The van der Waals surface area contributed by atoms with Crippen LogP contribution >= 0.6 is 0 Å². The van der Waals surface area contributed by atoms with Gasteiger partial charge in [-0.1, -0.05) is 74.5 Å². The Balaban J connectivity index is 0. The summed E-state index contributed by atoms with van der Waals surface area (Å²) >= 11 is 0. The molecule has 2 aromatic rings. The molecule has 0 saturated carbocycles. The normalized spacial score (nSPS) is 17.6. The summed E-state index contributed by atoms with van der Waals surface area (Å²) in [7, 11) is 0. The maximum absolute atomic E-state index is 10.2. The third-order valence-electron chi connectivity index (χ3n) is 5.38. The molecule has 3 rings (SSSR count). The second-order valence-corrected chi connectivity index (χ2v) is 8.84. The molecular weight excluding hydrogens is 667 g/mol. The molecule has 2 atom stereocenters. The van der Waals surface area contributed by atoms with Gasteiger partial charge in [-0.15, -0.1) is 13.1 Å². The molecule has 0 radical (unpaired) electrons. The van der Waals surface area contributed by atoms with Gasteiger partial charge in [-0.3, -0.25) is 9.59 Å². The minimum atomic E-state index is -0.717. The van der Waals surface area contributed by atoms with Crippen molar-refractivity contribution >= 4 is 11.9 Å². The predicted octanol–water partition coefficient (Wildman–Crippen LogP) is 6.49. The van der Waals surface area contributed by atoms with Crippen LogP contribution in [0.5, 0.6) is 0 Å². The second-order valence-electron chi connectivity index (χ2n) is 8.84. The van der Waals surface area contributed by atoms with Crippen molar-refractivity contribution in [2.24, 2.45) is 5.92 Å². The molecule has 0 bridgehead atoms. The molecule has 1 aliphatic rings. The number of aliphatic carboxylic acids is 2. The summed E-state index contributed by atoms with van der Waals surface area (Å²) in [6.07, 6.45) is 3.06. The van der Waals surface area contributed by atoms with Crippen LogP contribution in [0, 0.1) is 13.3 Å². The fraction of sp³-hybridized carbons (Fsp3) is 0.483. The fourth-order valence-corrected chi connectivity index (χ4v) is 3.40. The average Bonchev–Trinajstić information content (AvgIpc) is 3.30. The van der Waals surface area contributed by atoms with Crippen molar-refractivity contribution in [3.05, 3.63) is 90.7 Å². The fourth-order valence-electron chi connectivity index (χ4n) is 3.40. The molecule has 8 nitrogen and oxygen atoms in total. The number of carbonyl (C=O) groups is 2. The van der Waals surface area contributed by atoms with E-state index < -0.39 is 11.9 Å². The monoisotopic (exact) mass is 710 g/mol. The first-order chi connectivity index (χ1) is 17.3. The Morgan fingerprint density at radius 1 is 0.763 bits per heavy atom. The standard InChI is InChI=1S/2C10H12O2.C8H16N2O2.CH3.Pt/c2*11-10(12)8-4-7-9-5-2-1-3-6-9;1-5(2)8-11-6(3-9)7(4-10)12-8;;/h2*1-3,5-6H,4,7-8H2,(H,11,12);5-10H,3-4H2,1-2H3;1H3;/q;;-2;-1;. The quantitative estimate of drug-likeness (QED) is 0.256. The van der Waals surface area contributed by atoms with Crippen molar-refractivity contribution in [1.29, 1.82) is 0 Å². The van der Waals surface area contributed by atoms with Crippen molar-refractivity contribution in [1.82, 2.24) is 0 Å². The van der Waals surface area contributed by atoms with E-state index in [-0.39, 0.29) is 72.9 Å². The first-order valence-corrected chi connectivity index (χ1v) is 12.4. The van der Waals surface area contributed by atoms with Crippen LogP contribution in [0.4, 0.5) is 0 Å². The molecular formula is C29H43N2O6Pt-3. The van der Waals surface area contributed by atoms with E-state index in [1.165, 1.54) is 11.1 Å². The number of aryl methyl sites for hydroxylation is 2. The first kappa shape index (κ1) is 38.1. The molecule has 0 aromatic heterocycles. The minimum Gasteiger partial charge on any atom is -0.675 e. The Morgan fingerprint density at radius 2 is 1.11 bits per heavy atom. The molecule has 1 saturated heterocycles. The number of carboxylic acids is 2. The molecule has 0 spiro atoms. The molecule has 1 heterocycles. The van der Waals surface area contributed by atoms with E-state index in [0.717, 1.165) is 25.7 Å². The Labute approximate surface area is 242 Å². The van der Waals surface area contributed by atoms with E-state index in [0.29, 0.717) is 5.92 Å². The van der Waals surface area contributed by atoms with Gasteiger partial charge in [0.25, 0.3) is 0 Å². The summed E-state index contributed by atoms with van der Waals surface area (Å²) < 4.78 is 10.9. The van der Waals surface area contributed by atoms with E-state index >= 15 is 0 Å². The SMILES string of the molecule is CC(C)C1OC(C[NH-])C(C[NH-])O1.O=C(O)CCCc1ccccc1.O=C(O)CCCc1ccccc1.[CH3-].[Pt]. The molecule has 218 valence electrons. The summed E-state index contributed by atoms with van der Waals surface area (Å²) in [5, 5.41) is 16.8. The van der Waals surface area contributed by atoms with Gasteiger partial charge in [0.2, 0.25) is 0 Å². The van der Waals surface area contributed by atoms with Crippen LogP contribution in [-0.2, 0) is 53.0 Å². The van der Waals surface area contributed by atoms with Gasteiger partial charge in [0, 0.05) is 39.8 Å². The smallest absolute Gasteiger partial charge is 0.303 e. The first-order valence-electron chi connectivity index (χ1n) is 12.4. The van der Waals surface area contributed by atoms with Crippen molar-refractivity contribution < 1.29 is 50.3 Å². The number of benzene rings is 2. The summed E-state index contributed by atoms with van der Waals surface area (Å²) in [4.78, 5) is 20.4. The number of rotatable bonds is 11. The Hall–Kier alpha value is -2.09. The van der Waals surface area contributed by atoms with Gasteiger partial charge in [0.1, 0.15) is 0 Å². The van der Waals surface area contributed by atoms with Crippen LogP contribution in [0.2, 0.25) is 0 Å². The average molecular weight is 711 g/mol. The molecule has 0 aliphatic carbocycles. The van der Waals surface area contributed by atoms with Gasteiger partial charge in [-0.25, -0.2) is 0 Å². The summed E-state index contributed by atoms with van der Waals surface area (Å²) in [6, 6.07) is 19.9. The Kier molecular flexibility index (Phi) is 22.9.